The molecule has 0 saturated carbocycles. The Morgan fingerprint density at radius 1 is 0.600 bits per heavy atom. The molecule has 5 rings (SSSR count). The van der Waals surface area contributed by atoms with Crippen molar-refractivity contribution in [1.82, 2.24) is 0 Å². The van der Waals surface area contributed by atoms with Gasteiger partial charge in [-0.15, -0.1) is 13.2 Å². The number of hydrogen-bond acceptors (Lipinski definition) is 7. The highest BCUT2D eigenvalue weighted by molar-refractivity contribution is 6.46. The van der Waals surface area contributed by atoms with Crippen LogP contribution in [0.2, 0.25) is 12.6 Å². The molecule has 4 atom stereocenters. The van der Waals surface area contributed by atoms with E-state index >= 15 is 0 Å². The third-order valence-electron chi connectivity index (χ3n) is 11.1. The van der Waals surface area contributed by atoms with E-state index in [1.165, 1.54) is 11.1 Å². The molecule has 3 aromatic carbocycles. The second-order valence-corrected chi connectivity index (χ2v) is 16.9. The van der Waals surface area contributed by atoms with Gasteiger partial charge in [0.25, 0.3) is 0 Å². The molecule has 0 unspecified atom stereocenters. The van der Waals surface area contributed by atoms with Crippen LogP contribution in [0.25, 0.3) is 10.4 Å². The molecule has 0 bridgehead atoms. The van der Waals surface area contributed by atoms with Crippen molar-refractivity contribution < 1.29 is 18.6 Å². The Hall–Kier alpha value is -4.18. The lowest BCUT2D eigenvalue weighted by Gasteiger charge is -2.32. The molecule has 2 fully saturated rings. The number of benzene rings is 3. The van der Waals surface area contributed by atoms with Gasteiger partial charge in [0.2, 0.25) is 0 Å². The fourth-order valence-electron chi connectivity index (χ4n) is 5.56. The van der Waals surface area contributed by atoms with Gasteiger partial charge in [0.1, 0.15) is 0 Å². The van der Waals surface area contributed by atoms with Crippen molar-refractivity contribution in [3.8, 4) is 0 Å². The van der Waals surface area contributed by atoms with Crippen molar-refractivity contribution in [3.05, 3.63) is 168 Å². The predicted molar refractivity (Wildman–Crippen MR) is 256 cm³/mol. The summed E-state index contributed by atoms with van der Waals surface area (Å²) in [6.45, 7) is 32.6. The molecule has 4 N–H and O–H groups in total. The zero-order chi connectivity index (χ0) is 45.4. The van der Waals surface area contributed by atoms with Crippen molar-refractivity contribution in [2.24, 2.45) is 28.4 Å². The first kappa shape index (κ1) is 53.8. The van der Waals surface area contributed by atoms with Crippen LogP contribution in [0.4, 0.5) is 0 Å². The zero-order valence-corrected chi connectivity index (χ0v) is 38.8. The zero-order valence-electron chi connectivity index (χ0n) is 38.8. The largest absolute Gasteiger partial charge is 0.461 e. The monoisotopic (exact) mass is 820 g/mol. The van der Waals surface area contributed by atoms with E-state index in [2.05, 4.69) is 105 Å². The van der Waals surface area contributed by atoms with E-state index in [-0.39, 0.29) is 48.7 Å². The van der Waals surface area contributed by atoms with Crippen molar-refractivity contribution >= 4 is 14.2 Å². The number of azide groups is 1. The van der Waals surface area contributed by atoms with Gasteiger partial charge in [-0.05, 0) is 103 Å². The molecule has 11 heteroatoms. The number of nitrogens with zero attached hydrogens (tertiary/aromatic N) is 3. The van der Waals surface area contributed by atoms with Crippen LogP contribution < -0.4 is 11.5 Å². The van der Waals surface area contributed by atoms with E-state index < -0.39 is 0 Å². The first-order chi connectivity index (χ1) is 28.2. The molecule has 3 aromatic rings. The molecule has 0 radical (unpaired) electrons. The van der Waals surface area contributed by atoms with Gasteiger partial charge in [-0.1, -0.05) is 146 Å². The lowest BCUT2D eigenvalue weighted by molar-refractivity contribution is 0.00578. The van der Waals surface area contributed by atoms with Crippen LogP contribution in [0.1, 0.15) is 112 Å². The molecule has 0 aromatic heterocycles. The average molecular weight is 820 g/mol. The number of allylic oxidation sites excluding steroid dienone is 4. The van der Waals surface area contributed by atoms with Gasteiger partial charge in [-0.3, -0.25) is 0 Å². The van der Waals surface area contributed by atoms with Crippen LogP contribution >= 0.6 is 0 Å². The van der Waals surface area contributed by atoms with Crippen molar-refractivity contribution in [3.63, 3.8) is 0 Å². The third kappa shape index (κ3) is 18.6. The second kappa shape index (κ2) is 26.9. The number of nitrogens with two attached hydrogens (primary N) is 2. The quantitative estimate of drug-likeness (QED) is 0.0613. The molecule has 2 saturated heterocycles. The molecule has 326 valence electrons. The Kier molecular flexibility index (Phi) is 24.1. The summed E-state index contributed by atoms with van der Waals surface area (Å²) >= 11 is 0. The van der Waals surface area contributed by atoms with Gasteiger partial charge >= 0.3 is 14.2 Å². The lowest BCUT2D eigenvalue weighted by Crippen LogP contribution is -2.41. The minimum absolute atomic E-state index is 0.0729. The third-order valence-corrected chi connectivity index (χ3v) is 11.1. The summed E-state index contributed by atoms with van der Waals surface area (Å²) in [5, 5.41) is 3.42. The second-order valence-electron chi connectivity index (χ2n) is 16.9. The van der Waals surface area contributed by atoms with E-state index in [1.54, 1.807) is 0 Å². The highest BCUT2D eigenvalue weighted by Gasteiger charge is 2.51. The topological polar surface area (TPSA) is 138 Å². The van der Waals surface area contributed by atoms with E-state index in [9.17, 15) is 0 Å². The van der Waals surface area contributed by atoms with E-state index in [4.69, 9.17) is 35.6 Å². The van der Waals surface area contributed by atoms with Crippen LogP contribution in [-0.4, -0.2) is 36.6 Å². The van der Waals surface area contributed by atoms with Crippen LogP contribution in [0.5, 0.6) is 0 Å². The highest BCUT2D eigenvalue weighted by atomic mass is 16.7. The molecule has 2 aliphatic heterocycles. The average Bonchev–Trinajstić information content (AvgIpc) is 3.59. The van der Waals surface area contributed by atoms with Crippen LogP contribution in [-0.2, 0) is 25.2 Å². The van der Waals surface area contributed by atoms with Gasteiger partial charge in [0, 0.05) is 29.6 Å². The molecule has 2 aliphatic rings. The van der Waals surface area contributed by atoms with Crippen LogP contribution in [0, 0.1) is 11.8 Å². The molecule has 60 heavy (non-hydrogen) atoms. The summed E-state index contributed by atoms with van der Waals surface area (Å²) in [7, 11) is -0.164. The molecular weight excluding hydrogens is 744 g/mol. The Balaban J connectivity index is 0.000000376. The molecule has 2 heterocycles. The fraction of sp³-hybridized carbons (Fsp3) is 0.469. The molecular formula is C49H75B2N5O4. The van der Waals surface area contributed by atoms with Crippen molar-refractivity contribution in [2.45, 2.75) is 137 Å². The predicted octanol–water partition coefficient (Wildman–Crippen LogP) is 12.8. The maximum Gasteiger partial charge on any atom is 0.461 e. The molecule has 9 nitrogen and oxygen atoms in total. The summed E-state index contributed by atoms with van der Waals surface area (Å²) in [6.07, 6.45) is 13.6. The molecule has 0 amide bonds. The summed E-state index contributed by atoms with van der Waals surface area (Å²) in [4.78, 5) is 2.66. The minimum Gasteiger partial charge on any atom is -0.403 e. The summed E-state index contributed by atoms with van der Waals surface area (Å²) < 4.78 is 23.2. The Morgan fingerprint density at radius 3 is 1.17 bits per heavy atom. The summed E-state index contributed by atoms with van der Waals surface area (Å²) in [5.74, 6) is 0.653. The molecule has 0 spiro atoms. The van der Waals surface area contributed by atoms with Gasteiger partial charge in [-0.25, -0.2) is 0 Å². The van der Waals surface area contributed by atoms with Crippen LogP contribution in [0.3, 0.4) is 0 Å². The first-order valence-electron chi connectivity index (χ1n) is 21.1. The SMILES string of the molecule is C/C=C/CB1OC(C)(C)C(C)(C)O1.C/C=C\CB1OC(C)(C)C(C)(C)O1.C=C[C@@H](C)[C@H](N)c1ccccc1.C=C[C@H](C)[C@H](N)c1ccccc1.[N-]=[N+]=NCc1ccccc1. The maximum absolute atomic E-state index is 7.99. The summed E-state index contributed by atoms with van der Waals surface area (Å²) in [6, 6.07) is 30.0. The van der Waals surface area contributed by atoms with Crippen molar-refractivity contribution in [1.29, 1.82) is 0 Å². The van der Waals surface area contributed by atoms with Gasteiger partial charge in [-0.2, -0.15) is 0 Å². The minimum atomic E-state index is -0.195. The maximum atomic E-state index is 7.99. The Bertz CT molecular complexity index is 1610. The number of hydrogen-bond donors (Lipinski definition) is 2. The Labute approximate surface area is 364 Å². The van der Waals surface area contributed by atoms with E-state index in [0.29, 0.717) is 18.4 Å². The summed E-state index contributed by atoms with van der Waals surface area (Å²) in [5.41, 5.74) is 22.5. The lowest BCUT2D eigenvalue weighted by atomic mass is 9.85. The van der Waals surface area contributed by atoms with Crippen molar-refractivity contribution in [2.75, 3.05) is 0 Å². The first-order valence-corrected chi connectivity index (χ1v) is 21.1. The highest BCUT2D eigenvalue weighted by Crippen LogP contribution is 2.38. The van der Waals surface area contributed by atoms with E-state index in [0.717, 1.165) is 18.2 Å². The van der Waals surface area contributed by atoms with Gasteiger partial charge in [0.15, 0.2) is 0 Å². The Morgan fingerprint density at radius 2 is 0.900 bits per heavy atom. The molecule has 0 aliphatic carbocycles. The van der Waals surface area contributed by atoms with E-state index in [1.807, 2.05) is 129 Å². The van der Waals surface area contributed by atoms with Gasteiger partial charge in [0.05, 0.1) is 28.9 Å². The standard InChI is InChI=1S/2C11H15N.2C10H19BO2.C7H7N3/c2*1-3-9(2)11(12)10-7-5-4-6-8-10;2*1-6-7-8-11-12-9(2,3)10(4,5)13-11;8-10-9-6-7-4-2-1-3-5-7/h2*3-9,11H,1,12H2,2H3;2*6-7H,8H2,1-5H3;1-5H,6H2/b;;7-6+;7-6-;/t9-,11+;9-,11-;;;/m10.../s1. The smallest absolute Gasteiger partial charge is 0.403 e. The van der Waals surface area contributed by atoms with Gasteiger partial charge < -0.3 is 30.1 Å². The fourth-order valence-corrected chi connectivity index (χ4v) is 5.56. The normalized spacial score (nSPS) is 18.6. The van der Waals surface area contributed by atoms with Crippen LogP contribution in [0.15, 0.2) is 146 Å². The number of rotatable bonds is 12.